The highest BCUT2D eigenvalue weighted by Gasteiger charge is 2.43. The monoisotopic (exact) mass is 271 g/mol. The van der Waals surface area contributed by atoms with Crippen LogP contribution in [0.5, 0.6) is 0 Å². The minimum atomic E-state index is 0.0853. The van der Waals surface area contributed by atoms with Gasteiger partial charge in [-0.05, 0) is 36.1 Å². The zero-order valence-corrected chi connectivity index (χ0v) is 11.1. The van der Waals surface area contributed by atoms with E-state index >= 15 is 0 Å². The molecule has 1 fully saturated rings. The summed E-state index contributed by atoms with van der Waals surface area (Å²) in [5, 5.41) is 0.447. The summed E-state index contributed by atoms with van der Waals surface area (Å²) in [7, 11) is 0. The second-order valence-corrected chi connectivity index (χ2v) is 5.37. The second-order valence-electron chi connectivity index (χ2n) is 4.96. The first-order valence-electron chi connectivity index (χ1n) is 6.31. The van der Waals surface area contributed by atoms with Crippen molar-refractivity contribution in [2.45, 2.75) is 12.3 Å². The first-order chi connectivity index (χ1) is 9.16. The lowest BCUT2D eigenvalue weighted by atomic mass is 10.0. The van der Waals surface area contributed by atoms with E-state index in [4.69, 9.17) is 17.3 Å². The summed E-state index contributed by atoms with van der Waals surface area (Å²) in [6, 6.07) is 15.3. The number of carbonyl (C=O) groups is 1. The van der Waals surface area contributed by atoms with Crippen molar-refractivity contribution in [3.05, 3.63) is 64.7 Å². The lowest BCUT2D eigenvalue weighted by Gasteiger charge is -2.03. The van der Waals surface area contributed by atoms with Crippen LogP contribution in [0.1, 0.15) is 28.3 Å². The molecular weight excluding hydrogens is 258 g/mol. The minimum absolute atomic E-state index is 0.0853. The Morgan fingerprint density at radius 3 is 2.58 bits per heavy atom. The number of anilines is 1. The molecule has 2 unspecified atom stereocenters. The SMILES string of the molecule is Nc1ccc(C(=O)C2CC2c2ccccc2)cc1Cl. The Bertz CT molecular complexity index is 624. The van der Waals surface area contributed by atoms with Crippen LogP contribution in [0.25, 0.3) is 0 Å². The Hall–Kier alpha value is -1.80. The molecule has 0 aliphatic heterocycles. The van der Waals surface area contributed by atoms with Crippen molar-refractivity contribution >= 4 is 23.1 Å². The van der Waals surface area contributed by atoms with Crippen LogP contribution >= 0.6 is 11.6 Å². The van der Waals surface area contributed by atoms with Gasteiger partial charge in [0.1, 0.15) is 0 Å². The maximum absolute atomic E-state index is 12.4. The molecule has 1 aliphatic rings. The van der Waals surface area contributed by atoms with Crippen molar-refractivity contribution in [3.8, 4) is 0 Å². The Morgan fingerprint density at radius 2 is 1.89 bits per heavy atom. The van der Waals surface area contributed by atoms with Crippen molar-refractivity contribution in [2.75, 3.05) is 5.73 Å². The van der Waals surface area contributed by atoms with Crippen LogP contribution in [0.4, 0.5) is 5.69 Å². The lowest BCUT2D eigenvalue weighted by molar-refractivity contribution is 0.0965. The summed E-state index contributed by atoms with van der Waals surface area (Å²) in [5.41, 5.74) is 8.06. The van der Waals surface area contributed by atoms with Crippen LogP contribution in [0.2, 0.25) is 5.02 Å². The van der Waals surface area contributed by atoms with E-state index in [1.807, 2.05) is 18.2 Å². The van der Waals surface area contributed by atoms with E-state index in [1.165, 1.54) is 5.56 Å². The molecule has 96 valence electrons. The number of carbonyl (C=O) groups excluding carboxylic acids is 1. The molecular formula is C16H14ClNO. The molecule has 0 amide bonds. The van der Waals surface area contributed by atoms with Gasteiger partial charge in [0.25, 0.3) is 0 Å². The minimum Gasteiger partial charge on any atom is -0.398 e. The number of ketones is 1. The van der Waals surface area contributed by atoms with Gasteiger partial charge >= 0.3 is 0 Å². The highest BCUT2D eigenvalue weighted by atomic mass is 35.5. The summed E-state index contributed by atoms with van der Waals surface area (Å²) in [5.74, 6) is 0.600. The third kappa shape index (κ3) is 2.36. The van der Waals surface area contributed by atoms with Crippen molar-refractivity contribution in [2.24, 2.45) is 5.92 Å². The van der Waals surface area contributed by atoms with E-state index < -0.39 is 0 Å². The standard InChI is InChI=1S/C16H14ClNO/c17-14-8-11(6-7-15(14)18)16(19)13-9-12(13)10-4-2-1-3-5-10/h1-8,12-13H,9,18H2. The van der Waals surface area contributed by atoms with E-state index in [1.54, 1.807) is 18.2 Å². The number of hydrogen-bond donors (Lipinski definition) is 1. The van der Waals surface area contributed by atoms with E-state index in [0.717, 1.165) is 6.42 Å². The summed E-state index contributed by atoms with van der Waals surface area (Å²) in [4.78, 5) is 12.4. The highest BCUT2D eigenvalue weighted by molar-refractivity contribution is 6.33. The van der Waals surface area contributed by atoms with Crippen LogP contribution in [0.15, 0.2) is 48.5 Å². The van der Waals surface area contributed by atoms with Crippen LogP contribution < -0.4 is 5.73 Å². The number of benzene rings is 2. The summed E-state index contributed by atoms with van der Waals surface area (Å²) in [6.45, 7) is 0. The van der Waals surface area contributed by atoms with Gasteiger partial charge in [-0.1, -0.05) is 41.9 Å². The third-order valence-corrected chi connectivity index (χ3v) is 3.97. The average Bonchev–Trinajstić information content (AvgIpc) is 3.22. The predicted molar refractivity (Wildman–Crippen MR) is 77.5 cm³/mol. The fourth-order valence-corrected chi connectivity index (χ4v) is 2.63. The van der Waals surface area contributed by atoms with E-state index in [2.05, 4.69) is 12.1 Å². The molecule has 2 N–H and O–H groups in total. The number of halogens is 1. The Morgan fingerprint density at radius 1 is 1.16 bits per heavy atom. The van der Waals surface area contributed by atoms with E-state index in [-0.39, 0.29) is 11.7 Å². The van der Waals surface area contributed by atoms with Gasteiger partial charge in [0, 0.05) is 11.5 Å². The third-order valence-electron chi connectivity index (χ3n) is 3.64. The summed E-state index contributed by atoms with van der Waals surface area (Å²) < 4.78 is 0. The molecule has 2 aromatic carbocycles. The molecule has 2 atom stereocenters. The van der Waals surface area contributed by atoms with E-state index in [9.17, 15) is 4.79 Å². The quantitative estimate of drug-likeness (QED) is 0.679. The number of Topliss-reactive ketones (excluding diaryl/α,β-unsaturated/α-hetero) is 1. The fraction of sp³-hybridized carbons (Fsp3) is 0.188. The smallest absolute Gasteiger partial charge is 0.166 e. The van der Waals surface area contributed by atoms with Gasteiger partial charge in [0.2, 0.25) is 0 Å². The molecule has 0 spiro atoms. The van der Waals surface area contributed by atoms with Crippen LogP contribution in [0.3, 0.4) is 0 Å². The van der Waals surface area contributed by atoms with Crippen molar-refractivity contribution in [1.82, 2.24) is 0 Å². The van der Waals surface area contributed by atoms with Crippen LogP contribution in [-0.2, 0) is 0 Å². The molecule has 3 heteroatoms. The molecule has 1 aliphatic carbocycles. The Labute approximate surface area is 117 Å². The van der Waals surface area contributed by atoms with Gasteiger partial charge in [-0.15, -0.1) is 0 Å². The van der Waals surface area contributed by atoms with Gasteiger partial charge in [-0.2, -0.15) is 0 Å². The molecule has 3 rings (SSSR count). The topological polar surface area (TPSA) is 43.1 Å². The number of nitrogen functional groups attached to an aromatic ring is 1. The Kier molecular flexibility index (Phi) is 3.03. The first kappa shape index (κ1) is 12.2. The first-order valence-corrected chi connectivity index (χ1v) is 6.69. The molecule has 0 heterocycles. The van der Waals surface area contributed by atoms with Crippen molar-refractivity contribution < 1.29 is 4.79 Å². The lowest BCUT2D eigenvalue weighted by Crippen LogP contribution is -2.03. The van der Waals surface area contributed by atoms with Crippen molar-refractivity contribution in [1.29, 1.82) is 0 Å². The molecule has 0 aromatic heterocycles. The summed E-state index contributed by atoms with van der Waals surface area (Å²) >= 11 is 5.96. The van der Waals surface area contributed by atoms with Gasteiger partial charge < -0.3 is 5.73 Å². The highest BCUT2D eigenvalue weighted by Crippen LogP contribution is 2.49. The second kappa shape index (κ2) is 4.71. The van der Waals surface area contributed by atoms with E-state index in [0.29, 0.717) is 22.2 Å². The molecule has 2 nitrogen and oxygen atoms in total. The molecule has 2 aromatic rings. The average molecular weight is 272 g/mol. The Balaban J connectivity index is 1.78. The predicted octanol–water partition coefficient (Wildman–Crippen LogP) is 3.91. The maximum Gasteiger partial charge on any atom is 0.166 e. The van der Waals surface area contributed by atoms with Crippen molar-refractivity contribution in [3.63, 3.8) is 0 Å². The van der Waals surface area contributed by atoms with Gasteiger partial charge in [-0.3, -0.25) is 4.79 Å². The van der Waals surface area contributed by atoms with Gasteiger partial charge in [-0.25, -0.2) is 0 Å². The number of hydrogen-bond acceptors (Lipinski definition) is 2. The van der Waals surface area contributed by atoms with Crippen LogP contribution in [-0.4, -0.2) is 5.78 Å². The largest absolute Gasteiger partial charge is 0.398 e. The van der Waals surface area contributed by atoms with Gasteiger partial charge in [0.05, 0.1) is 10.7 Å². The molecule has 1 saturated carbocycles. The number of rotatable bonds is 3. The zero-order chi connectivity index (χ0) is 13.4. The van der Waals surface area contributed by atoms with Crippen LogP contribution in [0, 0.1) is 5.92 Å². The van der Waals surface area contributed by atoms with Gasteiger partial charge in [0.15, 0.2) is 5.78 Å². The normalized spacial score (nSPS) is 21.1. The molecule has 0 saturated heterocycles. The molecule has 19 heavy (non-hydrogen) atoms. The summed E-state index contributed by atoms with van der Waals surface area (Å²) in [6.07, 6.45) is 0.921. The maximum atomic E-state index is 12.4. The molecule has 0 radical (unpaired) electrons. The number of nitrogens with two attached hydrogens (primary N) is 1. The molecule has 0 bridgehead atoms. The zero-order valence-electron chi connectivity index (χ0n) is 10.3. The fourth-order valence-electron chi connectivity index (χ4n) is 2.45.